The van der Waals surface area contributed by atoms with E-state index < -0.39 is 0 Å². The topological polar surface area (TPSA) is 76.5 Å². The van der Waals surface area contributed by atoms with Crippen LogP contribution in [0, 0.1) is 0 Å². The van der Waals surface area contributed by atoms with Crippen molar-refractivity contribution in [3.8, 4) is 5.69 Å². The molecule has 0 atom stereocenters. The van der Waals surface area contributed by atoms with E-state index in [0.29, 0.717) is 25.3 Å². The van der Waals surface area contributed by atoms with Crippen LogP contribution in [-0.4, -0.2) is 34.9 Å². The van der Waals surface area contributed by atoms with E-state index in [2.05, 4.69) is 26.3 Å². The summed E-state index contributed by atoms with van der Waals surface area (Å²) in [5.74, 6) is -0.214. The summed E-state index contributed by atoms with van der Waals surface area (Å²) in [6, 6.07) is 15.1. The number of halogens is 1. The molecule has 1 aliphatic rings. The Balaban J connectivity index is 1.41. The van der Waals surface area contributed by atoms with Crippen LogP contribution in [-0.2, 0) is 11.3 Å². The van der Waals surface area contributed by atoms with E-state index in [9.17, 15) is 9.59 Å². The van der Waals surface area contributed by atoms with Gasteiger partial charge < -0.3 is 10.1 Å². The Labute approximate surface area is 170 Å². The standard InChI is InChI=1S/C20H17BrN4O3/c21-16-4-6-17(7-5-16)25-13-15(12-23-25)19(26)22-11-14-2-1-3-18(10-14)24-8-9-28-20(24)27/h1-7,10,12-13H,8-9,11H2,(H,22,26). The maximum absolute atomic E-state index is 12.5. The first-order valence-electron chi connectivity index (χ1n) is 8.72. The molecule has 142 valence electrons. The molecule has 1 aromatic heterocycles. The Morgan fingerprint density at radius 3 is 2.75 bits per heavy atom. The molecule has 7 nitrogen and oxygen atoms in total. The molecular weight excluding hydrogens is 424 g/mol. The van der Waals surface area contributed by atoms with Crippen LogP contribution in [0.5, 0.6) is 0 Å². The summed E-state index contributed by atoms with van der Waals surface area (Å²) < 4.78 is 7.60. The van der Waals surface area contributed by atoms with Crippen LogP contribution in [0.15, 0.2) is 65.4 Å². The van der Waals surface area contributed by atoms with Crippen molar-refractivity contribution in [3.05, 3.63) is 76.5 Å². The molecule has 1 N–H and O–H groups in total. The molecule has 2 aromatic carbocycles. The SMILES string of the molecule is O=C(NCc1cccc(N2CCOC2=O)c1)c1cnn(-c2ccc(Br)cc2)c1. The fourth-order valence-electron chi connectivity index (χ4n) is 2.92. The second-order valence-electron chi connectivity index (χ2n) is 6.27. The van der Waals surface area contributed by atoms with Crippen LogP contribution in [0.2, 0.25) is 0 Å². The molecule has 1 fully saturated rings. The van der Waals surface area contributed by atoms with E-state index in [4.69, 9.17) is 4.74 Å². The van der Waals surface area contributed by atoms with Gasteiger partial charge in [0.05, 0.1) is 24.0 Å². The predicted molar refractivity (Wildman–Crippen MR) is 108 cm³/mol. The summed E-state index contributed by atoms with van der Waals surface area (Å²) in [4.78, 5) is 25.7. The Morgan fingerprint density at radius 1 is 1.18 bits per heavy atom. The van der Waals surface area contributed by atoms with E-state index >= 15 is 0 Å². The maximum Gasteiger partial charge on any atom is 0.414 e. The molecule has 3 aromatic rings. The molecule has 0 unspecified atom stereocenters. The van der Waals surface area contributed by atoms with Gasteiger partial charge in [0.25, 0.3) is 5.91 Å². The average molecular weight is 441 g/mol. The van der Waals surface area contributed by atoms with Crippen molar-refractivity contribution < 1.29 is 14.3 Å². The molecular formula is C20H17BrN4O3. The number of nitrogens with zero attached hydrogens (tertiary/aromatic N) is 3. The van der Waals surface area contributed by atoms with Crippen molar-refractivity contribution >= 4 is 33.6 Å². The molecule has 0 spiro atoms. The van der Waals surface area contributed by atoms with E-state index in [1.54, 1.807) is 15.8 Å². The number of rotatable bonds is 5. The molecule has 0 radical (unpaired) electrons. The maximum atomic E-state index is 12.5. The lowest BCUT2D eigenvalue weighted by Crippen LogP contribution is -2.24. The van der Waals surface area contributed by atoms with Crippen molar-refractivity contribution in [2.45, 2.75) is 6.54 Å². The van der Waals surface area contributed by atoms with Gasteiger partial charge in [-0.05, 0) is 42.0 Å². The molecule has 1 saturated heterocycles. The highest BCUT2D eigenvalue weighted by atomic mass is 79.9. The second-order valence-corrected chi connectivity index (χ2v) is 7.18. The van der Waals surface area contributed by atoms with E-state index in [-0.39, 0.29) is 12.0 Å². The highest BCUT2D eigenvalue weighted by Crippen LogP contribution is 2.20. The Bertz CT molecular complexity index is 1020. The van der Waals surface area contributed by atoms with E-state index in [1.165, 1.54) is 6.20 Å². The third-order valence-corrected chi connectivity index (χ3v) is 4.90. The van der Waals surface area contributed by atoms with E-state index in [0.717, 1.165) is 21.4 Å². The van der Waals surface area contributed by atoms with Gasteiger partial charge in [-0.25, -0.2) is 9.48 Å². The molecule has 28 heavy (non-hydrogen) atoms. The minimum Gasteiger partial charge on any atom is -0.447 e. The van der Waals surface area contributed by atoms with Crippen molar-refractivity contribution in [2.75, 3.05) is 18.1 Å². The van der Waals surface area contributed by atoms with Crippen LogP contribution < -0.4 is 10.2 Å². The number of nitrogens with one attached hydrogen (secondary N) is 1. The fourth-order valence-corrected chi connectivity index (χ4v) is 3.19. The second kappa shape index (κ2) is 7.85. The summed E-state index contributed by atoms with van der Waals surface area (Å²) in [6.45, 7) is 1.27. The monoisotopic (exact) mass is 440 g/mol. The zero-order valence-corrected chi connectivity index (χ0v) is 16.4. The van der Waals surface area contributed by atoms with Gasteiger partial charge in [0.1, 0.15) is 6.61 Å². The van der Waals surface area contributed by atoms with Gasteiger partial charge in [0.2, 0.25) is 0 Å². The minimum absolute atomic E-state index is 0.214. The van der Waals surface area contributed by atoms with Gasteiger partial charge in [0.15, 0.2) is 0 Å². The molecule has 0 aliphatic carbocycles. The quantitative estimate of drug-likeness (QED) is 0.658. The molecule has 2 amide bonds. The van der Waals surface area contributed by atoms with E-state index in [1.807, 2.05) is 48.5 Å². The third-order valence-electron chi connectivity index (χ3n) is 4.37. The zero-order valence-electron chi connectivity index (χ0n) is 14.8. The number of benzene rings is 2. The number of ether oxygens (including phenoxy) is 1. The third kappa shape index (κ3) is 3.91. The van der Waals surface area contributed by atoms with Crippen LogP contribution in [0.3, 0.4) is 0 Å². The van der Waals surface area contributed by atoms with Gasteiger partial charge in [0, 0.05) is 22.9 Å². The number of hydrogen-bond donors (Lipinski definition) is 1. The van der Waals surface area contributed by atoms with Crippen LogP contribution in [0.1, 0.15) is 15.9 Å². The first-order valence-corrected chi connectivity index (χ1v) is 9.51. The lowest BCUT2D eigenvalue weighted by molar-refractivity contribution is 0.0951. The fraction of sp³-hybridized carbons (Fsp3) is 0.150. The lowest BCUT2D eigenvalue weighted by atomic mass is 10.2. The summed E-state index contributed by atoms with van der Waals surface area (Å²) in [6.07, 6.45) is 2.88. The highest BCUT2D eigenvalue weighted by molar-refractivity contribution is 9.10. The smallest absolute Gasteiger partial charge is 0.414 e. The molecule has 2 heterocycles. The molecule has 1 aliphatic heterocycles. The van der Waals surface area contributed by atoms with Gasteiger partial charge in [-0.15, -0.1) is 0 Å². The molecule has 0 saturated carbocycles. The Kier molecular flexibility index (Phi) is 5.12. The first-order chi connectivity index (χ1) is 13.6. The first kappa shape index (κ1) is 18.2. The van der Waals surface area contributed by atoms with Crippen molar-refractivity contribution in [1.82, 2.24) is 15.1 Å². The largest absolute Gasteiger partial charge is 0.447 e. The van der Waals surface area contributed by atoms with Gasteiger partial charge in [-0.3, -0.25) is 9.69 Å². The zero-order chi connectivity index (χ0) is 19.5. The number of amides is 2. The molecule has 8 heteroatoms. The number of carbonyl (C=O) groups excluding carboxylic acids is 2. The highest BCUT2D eigenvalue weighted by Gasteiger charge is 2.23. The normalized spacial score (nSPS) is 13.5. The Hall–Kier alpha value is -3.13. The number of hydrogen-bond acceptors (Lipinski definition) is 4. The van der Waals surface area contributed by atoms with Crippen LogP contribution >= 0.6 is 15.9 Å². The van der Waals surface area contributed by atoms with Gasteiger partial charge in [-0.1, -0.05) is 28.1 Å². The number of anilines is 1. The average Bonchev–Trinajstić information content (AvgIpc) is 3.36. The lowest BCUT2D eigenvalue weighted by Gasteiger charge is -2.14. The molecule has 0 bridgehead atoms. The van der Waals surface area contributed by atoms with Gasteiger partial charge >= 0.3 is 6.09 Å². The number of cyclic esters (lactones) is 1. The van der Waals surface area contributed by atoms with Crippen LogP contribution in [0.25, 0.3) is 5.69 Å². The number of aromatic nitrogens is 2. The summed E-state index contributed by atoms with van der Waals surface area (Å²) >= 11 is 3.40. The predicted octanol–water partition coefficient (Wildman–Crippen LogP) is 3.52. The molecule has 4 rings (SSSR count). The van der Waals surface area contributed by atoms with Crippen LogP contribution in [0.4, 0.5) is 10.5 Å². The number of carbonyl (C=O) groups is 2. The summed E-state index contributed by atoms with van der Waals surface area (Å²) in [5.41, 5.74) is 3.00. The van der Waals surface area contributed by atoms with Crippen molar-refractivity contribution in [1.29, 1.82) is 0 Å². The van der Waals surface area contributed by atoms with Gasteiger partial charge in [-0.2, -0.15) is 5.10 Å². The summed E-state index contributed by atoms with van der Waals surface area (Å²) in [5, 5.41) is 7.13. The Morgan fingerprint density at radius 2 is 2.00 bits per heavy atom. The summed E-state index contributed by atoms with van der Waals surface area (Å²) in [7, 11) is 0. The minimum atomic E-state index is -0.346. The van der Waals surface area contributed by atoms with Crippen molar-refractivity contribution in [2.24, 2.45) is 0 Å². The van der Waals surface area contributed by atoms with Crippen molar-refractivity contribution in [3.63, 3.8) is 0 Å².